The smallest absolute Gasteiger partial charge is 0.273 e. The number of phenols is 1. The van der Waals surface area contributed by atoms with E-state index in [-0.39, 0.29) is 5.91 Å². The van der Waals surface area contributed by atoms with Crippen LogP contribution in [0.15, 0.2) is 18.3 Å². The van der Waals surface area contributed by atoms with Crippen molar-refractivity contribution in [1.82, 2.24) is 20.3 Å². The third-order valence-corrected chi connectivity index (χ3v) is 3.30. The first kappa shape index (κ1) is 15.0. The number of rotatable bonds is 5. The Hall–Kier alpha value is -2.37. The Kier molecular flexibility index (Phi) is 4.57. The molecule has 0 saturated carbocycles. The number of carbonyl (C=O) groups excluding carboxylic acids is 1. The van der Waals surface area contributed by atoms with Crippen molar-refractivity contribution in [2.24, 2.45) is 0 Å². The molecule has 0 unspecified atom stereocenters. The maximum Gasteiger partial charge on any atom is 0.273 e. The van der Waals surface area contributed by atoms with Gasteiger partial charge in [-0.05, 0) is 43.9 Å². The Morgan fingerprint density at radius 1 is 1.33 bits per heavy atom. The van der Waals surface area contributed by atoms with Crippen molar-refractivity contribution in [3.05, 3.63) is 40.7 Å². The first-order chi connectivity index (χ1) is 10.0. The molecule has 1 heterocycles. The number of benzene rings is 1. The topological polar surface area (TPSA) is 80.0 Å². The summed E-state index contributed by atoms with van der Waals surface area (Å²) < 4.78 is 0. The van der Waals surface area contributed by atoms with E-state index in [1.165, 1.54) is 11.0 Å². The van der Waals surface area contributed by atoms with Gasteiger partial charge in [-0.25, -0.2) is 0 Å². The van der Waals surface area contributed by atoms with Crippen LogP contribution in [0.3, 0.4) is 0 Å². The zero-order valence-corrected chi connectivity index (χ0v) is 12.6. The second kappa shape index (κ2) is 6.39. The monoisotopic (exact) mass is 288 g/mol. The van der Waals surface area contributed by atoms with Gasteiger partial charge < -0.3 is 10.4 Å². The van der Waals surface area contributed by atoms with Gasteiger partial charge >= 0.3 is 0 Å². The second-order valence-corrected chi connectivity index (χ2v) is 5.00. The number of carbonyl (C=O) groups is 1. The van der Waals surface area contributed by atoms with Crippen LogP contribution in [-0.2, 0) is 13.0 Å². The van der Waals surface area contributed by atoms with E-state index >= 15 is 0 Å². The maximum atomic E-state index is 11.9. The van der Waals surface area contributed by atoms with E-state index in [1.54, 1.807) is 0 Å². The molecule has 0 radical (unpaired) electrons. The van der Waals surface area contributed by atoms with E-state index in [1.807, 2.05) is 32.9 Å². The number of hydrogen-bond donors (Lipinski definition) is 2. The summed E-state index contributed by atoms with van der Waals surface area (Å²) in [5.74, 6) is 0.112. The van der Waals surface area contributed by atoms with Gasteiger partial charge in [0.2, 0.25) is 0 Å². The lowest BCUT2D eigenvalue weighted by Gasteiger charge is -2.08. The SMILES string of the molecule is CCn1ncc(C(=O)NCCc2cc(C)c(O)c(C)c2)n1. The van der Waals surface area contributed by atoms with Crippen molar-refractivity contribution >= 4 is 5.91 Å². The summed E-state index contributed by atoms with van der Waals surface area (Å²) in [5.41, 5.74) is 3.11. The summed E-state index contributed by atoms with van der Waals surface area (Å²) in [5, 5.41) is 20.6. The number of aromatic hydroxyl groups is 1. The standard InChI is InChI=1S/C15H20N4O2/c1-4-19-17-9-13(18-19)15(21)16-6-5-12-7-10(2)14(20)11(3)8-12/h7-9,20H,4-6H2,1-3H3,(H,16,21). The van der Waals surface area contributed by atoms with Crippen LogP contribution in [0, 0.1) is 13.8 Å². The van der Waals surface area contributed by atoms with Gasteiger partial charge in [0.15, 0.2) is 5.69 Å². The van der Waals surface area contributed by atoms with E-state index < -0.39 is 0 Å². The molecule has 2 rings (SSSR count). The van der Waals surface area contributed by atoms with Gasteiger partial charge in [-0.3, -0.25) is 4.79 Å². The average molecular weight is 288 g/mol. The molecule has 0 spiro atoms. The van der Waals surface area contributed by atoms with Crippen LogP contribution in [0.4, 0.5) is 0 Å². The molecule has 2 aromatic rings. The molecule has 0 fully saturated rings. The van der Waals surface area contributed by atoms with Crippen molar-refractivity contribution in [1.29, 1.82) is 0 Å². The number of aromatic nitrogens is 3. The lowest BCUT2D eigenvalue weighted by atomic mass is 10.0. The lowest BCUT2D eigenvalue weighted by Crippen LogP contribution is -2.26. The minimum atomic E-state index is -0.220. The highest BCUT2D eigenvalue weighted by Crippen LogP contribution is 2.22. The normalized spacial score (nSPS) is 10.6. The van der Waals surface area contributed by atoms with Crippen LogP contribution in [0.1, 0.15) is 34.1 Å². The van der Waals surface area contributed by atoms with Gasteiger partial charge in [0, 0.05) is 6.54 Å². The Morgan fingerprint density at radius 2 is 2.00 bits per heavy atom. The van der Waals surface area contributed by atoms with Gasteiger partial charge in [-0.15, -0.1) is 5.10 Å². The molecule has 0 aliphatic rings. The third kappa shape index (κ3) is 3.59. The molecule has 0 atom stereocenters. The Balaban J connectivity index is 1.91. The zero-order valence-electron chi connectivity index (χ0n) is 12.6. The molecular formula is C15H20N4O2. The first-order valence-electron chi connectivity index (χ1n) is 6.98. The van der Waals surface area contributed by atoms with E-state index in [0.717, 1.165) is 16.7 Å². The van der Waals surface area contributed by atoms with Crippen LogP contribution in [-0.4, -0.2) is 32.6 Å². The molecule has 112 valence electrons. The third-order valence-electron chi connectivity index (χ3n) is 3.30. The highest BCUT2D eigenvalue weighted by atomic mass is 16.3. The molecule has 2 N–H and O–H groups in total. The van der Waals surface area contributed by atoms with Crippen LogP contribution in [0.5, 0.6) is 5.75 Å². The zero-order chi connectivity index (χ0) is 15.4. The van der Waals surface area contributed by atoms with Gasteiger partial charge in [0.1, 0.15) is 5.75 Å². The predicted octanol–water partition coefficient (Wildman–Crippen LogP) is 1.59. The van der Waals surface area contributed by atoms with Gasteiger partial charge in [-0.1, -0.05) is 12.1 Å². The van der Waals surface area contributed by atoms with Crippen molar-refractivity contribution in [2.75, 3.05) is 6.54 Å². The fraction of sp³-hybridized carbons (Fsp3) is 0.400. The highest BCUT2D eigenvalue weighted by Gasteiger charge is 2.10. The van der Waals surface area contributed by atoms with Crippen LogP contribution in [0.2, 0.25) is 0 Å². The molecule has 1 aromatic carbocycles. The molecular weight excluding hydrogens is 268 g/mol. The van der Waals surface area contributed by atoms with Crippen molar-refractivity contribution in [3.63, 3.8) is 0 Å². The van der Waals surface area contributed by atoms with Crippen molar-refractivity contribution in [2.45, 2.75) is 33.7 Å². The van der Waals surface area contributed by atoms with Crippen LogP contribution < -0.4 is 5.32 Å². The fourth-order valence-electron chi connectivity index (χ4n) is 2.15. The summed E-state index contributed by atoms with van der Waals surface area (Å²) in [4.78, 5) is 13.4. The Labute approximate surface area is 123 Å². The van der Waals surface area contributed by atoms with E-state index in [4.69, 9.17) is 0 Å². The lowest BCUT2D eigenvalue weighted by molar-refractivity contribution is 0.0948. The van der Waals surface area contributed by atoms with Gasteiger partial charge in [0.25, 0.3) is 5.91 Å². The van der Waals surface area contributed by atoms with E-state index in [2.05, 4.69) is 15.5 Å². The summed E-state index contributed by atoms with van der Waals surface area (Å²) in [7, 11) is 0. The number of phenolic OH excluding ortho intramolecular Hbond substituents is 1. The molecule has 6 heteroatoms. The average Bonchev–Trinajstić information content (AvgIpc) is 2.93. The van der Waals surface area contributed by atoms with Gasteiger partial charge in [-0.2, -0.15) is 9.90 Å². The van der Waals surface area contributed by atoms with Crippen molar-refractivity contribution < 1.29 is 9.90 Å². The molecule has 0 saturated heterocycles. The van der Waals surface area contributed by atoms with Crippen LogP contribution >= 0.6 is 0 Å². The molecule has 6 nitrogen and oxygen atoms in total. The molecule has 1 aromatic heterocycles. The molecule has 0 aliphatic carbocycles. The maximum absolute atomic E-state index is 11.9. The largest absolute Gasteiger partial charge is 0.507 e. The van der Waals surface area contributed by atoms with Crippen LogP contribution in [0.25, 0.3) is 0 Å². The number of amides is 1. The summed E-state index contributed by atoms with van der Waals surface area (Å²) in [6.07, 6.45) is 2.17. The second-order valence-electron chi connectivity index (χ2n) is 5.00. The predicted molar refractivity (Wildman–Crippen MR) is 79.3 cm³/mol. The van der Waals surface area contributed by atoms with Crippen molar-refractivity contribution in [3.8, 4) is 5.75 Å². The summed E-state index contributed by atoms with van der Waals surface area (Å²) in [6.45, 7) is 6.80. The number of aryl methyl sites for hydroxylation is 3. The minimum absolute atomic E-state index is 0.220. The quantitative estimate of drug-likeness (QED) is 0.875. The molecule has 1 amide bonds. The number of nitrogens with one attached hydrogen (secondary N) is 1. The fourth-order valence-corrected chi connectivity index (χ4v) is 2.15. The number of nitrogens with zero attached hydrogens (tertiary/aromatic N) is 3. The summed E-state index contributed by atoms with van der Waals surface area (Å²) in [6, 6.07) is 3.86. The molecule has 21 heavy (non-hydrogen) atoms. The molecule has 0 bridgehead atoms. The van der Waals surface area contributed by atoms with E-state index in [0.29, 0.717) is 31.0 Å². The van der Waals surface area contributed by atoms with E-state index in [9.17, 15) is 9.90 Å². The summed E-state index contributed by atoms with van der Waals surface area (Å²) >= 11 is 0. The Morgan fingerprint density at radius 3 is 2.57 bits per heavy atom. The van der Waals surface area contributed by atoms with Gasteiger partial charge in [0.05, 0.1) is 12.7 Å². The first-order valence-corrected chi connectivity index (χ1v) is 6.98. The Bertz CT molecular complexity index is 626. The number of hydrogen-bond acceptors (Lipinski definition) is 4. The molecule has 0 aliphatic heterocycles. The highest BCUT2D eigenvalue weighted by molar-refractivity contribution is 5.91. The minimum Gasteiger partial charge on any atom is -0.507 e.